The fourth-order valence-electron chi connectivity index (χ4n) is 5.66. The van der Waals surface area contributed by atoms with Gasteiger partial charge >= 0.3 is 12.1 Å². The van der Waals surface area contributed by atoms with Crippen LogP contribution >= 0.6 is 0 Å². The number of ether oxygens (including phenoxy) is 1. The van der Waals surface area contributed by atoms with Gasteiger partial charge in [-0.05, 0) is 61.6 Å². The van der Waals surface area contributed by atoms with Crippen LogP contribution in [0.15, 0.2) is 24.3 Å². The SMILES string of the molecule is CNC(=O)Nc1cc2c(cc1F)[C@]1(CC2)OC(=O)N(CC(=O)N2[C@@H](C)CC[C@H]2c2cc(F)c(F)c(F)c2)C1=O. The number of imide groups is 1. The van der Waals surface area contributed by atoms with Gasteiger partial charge in [-0.15, -0.1) is 0 Å². The predicted molar refractivity (Wildman–Crippen MR) is 127 cm³/mol. The molecule has 2 heterocycles. The summed E-state index contributed by atoms with van der Waals surface area (Å²) in [5.41, 5.74) is -1.27. The molecule has 2 saturated heterocycles. The van der Waals surface area contributed by atoms with E-state index in [2.05, 4.69) is 10.6 Å². The fraction of sp³-hybridized carbons (Fsp3) is 0.385. The van der Waals surface area contributed by atoms with Gasteiger partial charge in [0.25, 0.3) is 5.91 Å². The Morgan fingerprint density at radius 3 is 2.41 bits per heavy atom. The van der Waals surface area contributed by atoms with Crippen molar-refractivity contribution in [2.45, 2.75) is 50.3 Å². The van der Waals surface area contributed by atoms with Crippen molar-refractivity contribution in [3.05, 3.63) is 64.2 Å². The van der Waals surface area contributed by atoms with Crippen molar-refractivity contribution in [3.8, 4) is 0 Å². The first-order valence-corrected chi connectivity index (χ1v) is 12.3. The molecule has 13 heteroatoms. The maximum Gasteiger partial charge on any atom is 0.418 e. The van der Waals surface area contributed by atoms with Crippen LogP contribution in [0.25, 0.3) is 0 Å². The minimum atomic E-state index is -1.82. The van der Waals surface area contributed by atoms with E-state index >= 15 is 0 Å². The zero-order chi connectivity index (χ0) is 28.2. The average Bonchev–Trinajstić information content (AvgIpc) is 3.52. The van der Waals surface area contributed by atoms with Crippen molar-refractivity contribution in [1.82, 2.24) is 15.1 Å². The van der Waals surface area contributed by atoms with Crippen molar-refractivity contribution in [2.75, 3.05) is 18.9 Å². The molecule has 9 nitrogen and oxygen atoms in total. The van der Waals surface area contributed by atoms with E-state index in [1.54, 1.807) is 6.92 Å². The molecule has 2 aromatic carbocycles. The van der Waals surface area contributed by atoms with Crippen LogP contribution < -0.4 is 10.6 Å². The van der Waals surface area contributed by atoms with E-state index in [9.17, 15) is 36.7 Å². The Bertz CT molecular complexity index is 1400. The number of benzene rings is 2. The van der Waals surface area contributed by atoms with E-state index in [4.69, 9.17) is 4.74 Å². The molecule has 0 saturated carbocycles. The quantitative estimate of drug-likeness (QED) is 0.446. The number of hydrogen-bond acceptors (Lipinski definition) is 5. The van der Waals surface area contributed by atoms with Gasteiger partial charge < -0.3 is 20.3 Å². The van der Waals surface area contributed by atoms with Crippen molar-refractivity contribution in [3.63, 3.8) is 0 Å². The van der Waals surface area contributed by atoms with Crippen molar-refractivity contribution >= 4 is 29.6 Å². The molecule has 2 aromatic rings. The molecule has 2 aliphatic heterocycles. The number of fused-ring (bicyclic) bond motifs is 2. The molecule has 0 unspecified atom stereocenters. The number of rotatable bonds is 4. The maximum atomic E-state index is 14.8. The van der Waals surface area contributed by atoms with Crippen LogP contribution in [-0.2, 0) is 26.3 Å². The first-order chi connectivity index (χ1) is 18.5. The van der Waals surface area contributed by atoms with Gasteiger partial charge in [0.15, 0.2) is 17.5 Å². The summed E-state index contributed by atoms with van der Waals surface area (Å²) in [5, 5.41) is 4.65. The highest BCUT2D eigenvalue weighted by Gasteiger charge is 2.59. The largest absolute Gasteiger partial charge is 0.427 e. The highest BCUT2D eigenvalue weighted by Crippen LogP contribution is 2.47. The molecule has 3 aliphatic rings. The second kappa shape index (κ2) is 9.54. The van der Waals surface area contributed by atoms with Crippen molar-refractivity contribution in [2.24, 2.45) is 0 Å². The first kappa shape index (κ1) is 26.4. The Morgan fingerprint density at radius 2 is 1.74 bits per heavy atom. The number of carbonyl (C=O) groups excluding carboxylic acids is 4. The van der Waals surface area contributed by atoms with Gasteiger partial charge in [0.05, 0.1) is 11.7 Å². The lowest BCUT2D eigenvalue weighted by atomic mass is 9.94. The third kappa shape index (κ3) is 4.25. The number of nitrogens with zero attached hydrogens (tertiary/aromatic N) is 2. The summed E-state index contributed by atoms with van der Waals surface area (Å²) >= 11 is 0. The summed E-state index contributed by atoms with van der Waals surface area (Å²) in [6.07, 6.45) is -0.0307. The minimum Gasteiger partial charge on any atom is -0.427 e. The third-order valence-electron chi connectivity index (χ3n) is 7.56. The summed E-state index contributed by atoms with van der Waals surface area (Å²) in [6.45, 7) is 1.00. The number of nitrogens with one attached hydrogen (secondary N) is 2. The van der Waals surface area contributed by atoms with Crippen LogP contribution in [0, 0.1) is 23.3 Å². The summed E-state index contributed by atoms with van der Waals surface area (Å²) in [5.74, 6) is -6.76. The molecular formula is C26H24F4N4O5. The fourth-order valence-corrected chi connectivity index (χ4v) is 5.66. The van der Waals surface area contributed by atoms with E-state index < -0.39 is 71.4 Å². The smallest absolute Gasteiger partial charge is 0.418 e. The summed E-state index contributed by atoms with van der Waals surface area (Å²) in [4.78, 5) is 53.2. The molecule has 0 aromatic heterocycles. The number of halogens is 4. The number of amides is 5. The van der Waals surface area contributed by atoms with Gasteiger partial charge in [0.2, 0.25) is 11.5 Å². The van der Waals surface area contributed by atoms with Gasteiger partial charge in [-0.2, -0.15) is 0 Å². The molecule has 206 valence electrons. The van der Waals surface area contributed by atoms with Crippen molar-refractivity contribution < 1.29 is 41.5 Å². The highest BCUT2D eigenvalue weighted by atomic mass is 19.2. The van der Waals surface area contributed by atoms with E-state index in [-0.39, 0.29) is 29.7 Å². The van der Waals surface area contributed by atoms with E-state index in [0.29, 0.717) is 23.3 Å². The van der Waals surface area contributed by atoms with E-state index in [1.807, 2.05) is 0 Å². The summed E-state index contributed by atoms with van der Waals surface area (Å²) in [6, 6.07) is 2.20. The molecule has 0 bridgehead atoms. The topological polar surface area (TPSA) is 108 Å². The van der Waals surface area contributed by atoms with E-state index in [1.165, 1.54) is 18.0 Å². The Kier molecular flexibility index (Phi) is 6.47. The average molecular weight is 548 g/mol. The Labute approximate surface area is 220 Å². The van der Waals surface area contributed by atoms with Crippen LogP contribution in [0.1, 0.15) is 48.9 Å². The van der Waals surface area contributed by atoms with Crippen LogP contribution in [0.3, 0.4) is 0 Å². The monoisotopic (exact) mass is 548 g/mol. The molecule has 5 rings (SSSR count). The van der Waals surface area contributed by atoms with Crippen LogP contribution in [0.5, 0.6) is 0 Å². The lowest BCUT2D eigenvalue weighted by molar-refractivity contribution is -0.143. The first-order valence-electron chi connectivity index (χ1n) is 12.3. The van der Waals surface area contributed by atoms with E-state index in [0.717, 1.165) is 18.2 Å². The van der Waals surface area contributed by atoms with Gasteiger partial charge in [0, 0.05) is 25.1 Å². The molecule has 2 fully saturated rings. The van der Waals surface area contributed by atoms with Gasteiger partial charge in [-0.25, -0.2) is 32.1 Å². The molecule has 2 N–H and O–H groups in total. The minimum absolute atomic E-state index is 0.0112. The van der Waals surface area contributed by atoms with Crippen LogP contribution in [0.2, 0.25) is 0 Å². The number of aryl methyl sites for hydroxylation is 1. The van der Waals surface area contributed by atoms with Gasteiger partial charge in [-0.3, -0.25) is 9.59 Å². The molecule has 0 radical (unpaired) electrons. The summed E-state index contributed by atoms with van der Waals surface area (Å²) in [7, 11) is 1.36. The number of carbonyl (C=O) groups is 4. The second-order valence-corrected chi connectivity index (χ2v) is 9.82. The standard InChI is InChI=1S/C26H24F4N4O5/c1-12-3-4-20(14-7-17(28)22(30)18(29)8-14)34(12)21(35)11-33-23(36)26(39-25(33)38)6-5-13-9-19(32-24(37)31-2)16(27)10-15(13)26/h7-10,12,20H,3-6,11H2,1-2H3,(H2,31,32,37)/t12-,20-,26-/m0/s1. The normalized spacial score (nSPS) is 23.8. The Hall–Kier alpha value is -4.16. The number of anilines is 1. The lowest BCUT2D eigenvalue weighted by Gasteiger charge is -2.30. The zero-order valence-corrected chi connectivity index (χ0v) is 20.9. The van der Waals surface area contributed by atoms with Crippen molar-refractivity contribution in [1.29, 1.82) is 0 Å². The lowest BCUT2D eigenvalue weighted by Crippen LogP contribution is -2.46. The zero-order valence-electron chi connectivity index (χ0n) is 20.9. The van der Waals surface area contributed by atoms with Gasteiger partial charge in [0.1, 0.15) is 12.4 Å². The number of hydrogen-bond donors (Lipinski definition) is 2. The number of likely N-dealkylation sites (tertiary alicyclic amines) is 1. The Balaban J connectivity index is 1.39. The molecule has 1 spiro atoms. The third-order valence-corrected chi connectivity index (χ3v) is 7.56. The molecular weight excluding hydrogens is 524 g/mol. The number of urea groups is 1. The molecule has 5 amide bonds. The van der Waals surface area contributed by atoms with Gasteiger partial charge in [-0.1, -0.05) is 0 Å². The molecule has 3 atom stereocenters. The van der Waals surface area contributed by atoms with Crippen LogP contribution in [-0.4, -0.2) is 53.4 Å². The predicted octanol–water partition coefficient (Wildman–Crippen LogP) is 3.87. The maximum absolute atomic E-state index is 14.8. The molecule has 39 heavy (non-hydrogen) atoms. The summed E-state index contributed by atoms with van der Waals surface area (Å²) < 4.78 is 61.5. The second-order valence-electron chi connectivity index (χ2n) is 9.82. The van der Waals surface area contributed by atoms with Crippen LogP contribution in [0.4, 0.5) is 32.8 Å². The molecule has 1 aliphatic carbocycles. The Morgan fingerprint density at radius 1 is 1.05 bits per heavy atom. The highest BCUT2D eigenvalue weighted by molar-refractivity contribution is 6.06.